The number of amides is 2. The Morgan fingerprint density at radius 2 is 1.56 bits per heavy atom. The number of fused-ring (bicyclic) bond motifs is 1. The molecule has 1 atom stereocenters. The average Bonchev–Trinajstić information content (AvgIpc) is 3.27. The van der Waals surface area contributed by atoms with Crippen LogP contribution in [0.15, 0.2) is 60.7 Å². The summed E-state index contributed by atoms with van der Waals surface area (Å²) in [6.45, 7) is 9.51. The monoisotopic (exact) mass is 529 g/mol. The molecule has 1 aromatic heterocycles. The maximum atomic E-state index is 14.3. The summed E-state index contributed by atoms with van der Waals surface area (Å²) in [5, 5.41) is 11.5. The van der Waals surface area contributed by atoms with E-state index in [2.05, 4.69) is 15.6 Å². The third kappa shape index (κ3) is 6.37. The van der Waals surface area contributed by atoms with Crippen molar-refractivity contribution in [1.29, 1.82) is 0 Å². The van der Waals surface area contributed by atoms with E-state index >= 15 is 0 Å². The van der Waals surface area contributed by atoms with Gasteiger partial charge < -0.3 is 14.8 Å². The Morgan fingerprint density at radius 1 is 0.949 bits per heavy atom. The zero-order valence-electron chi connectivity index (χ0n) is 23.5. The molecule has 0 fully saturated rings. The Labute approximate surface area is 228 Å². The molecule has 9 heteroatoms. The van der Waals surface area contributed by atoms with E-state index in [0.29, 0.717) is 28.3 Å². The average molecular weight is 530 g/mol. The number of carbonyl (C=O) groups excluding carboxylic acids is 2. The van der Waals surface area contributed by atoms with Crippen molar-refractivity contribution in [2.75, 3.05) is 19.1 Å². The van der Waals surface area contributed by atoms with Crippen molar-refractivity contribution in [1.82, 2.24) is 20.3 Å². The van der Waals surface area contributed by atoms with Gasteiger partial charge in [-0.25, -0.2) is 4.68 Å². The molecule has 0 aliphatic carbocycles. The van der Waals surface area contributed by atoms with Crippen LogP contribution in [0.1, 0.15) is 43.5 Å². The van der Waals surface area contributed by atoms with E-state index in [1.54, 1.807) is 37.1 Å². The first-order valence-electron chi connectivity index (χ1n) is 12.7. The highest BCUT2D eigenvalue weighted by atomic mass is 16.5. The molecule has 0 aliphatic rings. The van der Waals surface area contributed by atoms with Crippen LogP contribution in [0, 0.1) is 13.8 Å². The Morgan fingerprint density at radius 3 is 2.15 bits per heavy atom. The zero-order valence-corrected chi connectivity index (χ0v) is 23.5. The van der Waals surface area contributed by atoms with Crippen LogP contribution in [-0.4, -0.2) is 46.6 Å². The highest BCUT2D eigenvalue weighted by Crippen LogP contribution is 2.34. The summed E-state index contributed by atoms with van der Waals surface area (Å²) < 4.78 is 12.6. The summed E-state index contributed by atoms with van der Waals surface area (Å²) in [6, 6.07) is 17.5. The molecule has 0 saturated heterocycles. The molecule has 4 aromatic rings. The smallest absolute Gasteiger partial charge is 0.249 e. The highest BCUT2D eigenvalue weighted by molar-refractivity contribution is 6.02. The third-order valence-corrected chi connectivity index (χ3v) is 6.15. The number of anilines is 1. The number of para-hydroxylation sites is 1. The molecule has 0 radical (unpaired) electrons. The van der Waals surface area contributed by atoms with Crippen molar-refractivity contribution in [2.45, 2.75) is 52.7 Å². The number of benzene rings is 3. The lowest BCUT2D eigenvalue weighted by atomic mass is 9.99. The summed E-state index contributed by atoms with van der Waals surface area (Å²) in [7, 11) is 3.09. The predicted molar refractivity (Wildman–Crippen MR) is 151 cm³/mol. The van der Waals surface area contributed by atoms with Gasteiger partial charge in [-0.15, -0.1) is 5.10 Å². The molecule has 0 spiro atoms. The van der Waals surface area contributed by atoms with E-state index in [1.165, 1.54) is 4.90 Å². The van der Waals surface area contributed by atoms with Crippen molar-refractivity contribution in [3.63, 3.8) is 0 Å². The van der Waals surface area contributed by atoms with Crippen LogP contribution < -0.4 is 19.7 Å². The fourth-order valence-electron chi connectivity index (χ4n) is 4.61. The van der Waals surface area contributed by atoms with Crippen LogP contribution >= 0.6 is 0 Å². The topological polar surface area (TPSA) is 98.6 Å². The fraction of sp³-hybridized carbons (Fsp3) is 0.333. The van der Waals surface area contributed by atoms with Crippen LogP contribution in [0.4, 0.5) is 5.69 Å². The summed E-state index contributed by atoms with van der Waals surface area (Å²) in [6.07, 6.45) is 0. The van der Waals surface area contributed by atoms with Crippen molar-refractivity contribution in [3.8, 4) is 11.5 Å². The van der Waals surface area contributed by atoms with E-state index in [-0.39, 0.29) is 18.4 Å². The molecule has 0 aliphatic heterocycles. The van der Waals surface area contributed by atoms with Crippen LogP contribution in [0.25, 0.3) is 11.0 Å². The second-order valence-corrected chi connectivity index (χ2v) is 10.6. The van der Waals surface area contributed by atoms with Gasteiger partial charge in [0.05, 0.1) is 19.7 Å². The lowest BCUT2D eigenvalue weighted by Crippen LogP contribution is -2.50. The molecule has 0 saturated carbocycles. The largest absolute Gasteiger partial charge is 0.497 e. The first kappa shape index (κ1) is 27.6. The van der Waals surface area contributed by atoms with Crippen molar-refractivity contribution >= 4 is 28.5 Å². The Balaban J connectivity index is 1.91. The maximum absolute atomic E-state index is 14.3. The van der Waals surface area contributed by atoms with Crippen LogP contribution in [0.3, 0.4) is 0 Å². The van der Waals surface area contributed by atoms with Crippen LogP contribution in [-0.2, 0) is 16.1 Å². The summed E-state index contributed by atoms with van der Waals surface area (Å²) in [5.74, 6) is 0.348. The van der Waals surface area contributed by atoms with Gasteiger partial charge in [-0.05, 0) is 87.7 Å². The normalized spacial score (nSPS) is 12.2. The summed E-state index contributed by atoms with van der Waals surface area (Å²) in [5.41, 5.74) is 3.94. The minimum absolute atomic E-state index is 0.117. The molecule has 1 heterocycles. The number of aryl methyl sites for hydroxylation is 2. The molecule has 204 valence electrons. The van der Waals surface area contributed by atoms with Crippen molar-refractivity contribution < 1.29 is 19.1 Å². The lowest BCUT2D eigenvalue weighted by molar-refractivity contribution is -0.128. The van der Waals surface area contributed by atoms with Gasteiger partial charge >= 0.3 is 0 Å². The Bertz CT molecular complexity index is 1460. The molecular weight excluding hydrogens is 494 g/mol. The van der Waals surface area contributed by atoms with Crippen molar-refractivity contribution in [2.24, 2.45) is 0 Å². The molecule has 1 N–H and O–H groups in total. The maximum Gasteiger partial charge on any atom is 0.249 e. The second-order valence-electron chi connectivity index (χ2n) is 10.6. The summed E-state index contributed by atoms with van der Waals surface area (Å²) in [4.78, 5) is 29.8. The predicted octanol–water partition coefficient (Wildman–Crippen LogP) is 4.75. The van der Waals surface area contributed by atoms with Crippen LogP contribution in [0.5, 0.6) is 11.5 Å². The highest BCUT2D eigenvalue weighted by Gasteiger charge is 2.35. The van der Waals surface area contributed by atoms with E-state index < -0.39 is 11.6 Å². The number of aromatic nitrogens is 3. The first-order chi connectivity index (χ1) is 18.5. The molecule has 0 bridgehead atoms. The number of nitrogens with one attached hydrogen (secondary N) is 1. The minimum atomic E-state index is -1.03. The number of ether oxygens (including phenoxy) is 2. The van der Waals surface area contributed by atoms with Gasteiger partial charge in [-0.1, -0.05) is 23.4 Å². The van der Waals surface area contributed by atoms with E-state index in [1.807, 2.05) is 77.1 Å². The molecule has 0 unspecified atom stereocenters. The zero-order chi connectivity index (χ0) is 28.3. The molecule has 4 rings (SSSR count). The number of hydrogen-bond donors (Lipinski definition) is 1. The third-order valence-electron chi connectivity index (χ3n) is 6.15. The summed E-state index contributed by atoms with van der Waals surface area (Å²) >= 11 is 0. The molecule has 3 aromatic carbocycles. The van der Waals surface area contributed by atoms with Gasteiger partial charge in [0.25, 0.3) is 0 Å². The first-order valence-corrected chi connectivity index (χ1v) is 12.7. The van der Waals surface area contributed by atoms with Gasteiger partial charge in [0, 0.05) is 17.3 Å². The lowest BCUT2D eigenvalue weighted by Gasteiger charge is -2.34. The Kier molecular flexibility index (Phi) is 7.90. The number of rotatable bonds is 8. The van der Waals surface area contributed by atoms with Crippen LogP contribution in [0.2, 0.25) is 0 Å². The molecule has 9 nitrogen and oxygen atoms in total. The number of methoxy groups -OCH3 is 2. The SMILES string of the molecule is COc1cc(OC)cc([C@H](C(=O)NC(C)(C)C)N(C(=O)Cn2nnc3ccccc32)c2cc(C)cc(C)c2)c1. The number of hydrogen-bond acceptors (Lipinski definition) is 6. The Hall–Kier alpha value is -4.40. The van der Waals surface area contributed by atoms with Gasteiger partial charge in [0.15, 0.2) is 0 Å². The van der Waals surface area contributed by atoms with Crippen molar-refractivity contribution in [3.05, 3.63) is 77.4 Å². The van der Waals surface area contributed by atoms with E-state index in [9.17, 15) is 9.59 Å². The minimum Gasteiger partial charge on any atom is -0.497 e. The fourth-order valence-corrected chi connectivity index (χ4v) is 4.61. The van der Waals surface area contributed by atoms with Gasteiger partial charge in [0.1, 0.15) is 29.6 Å². The molecular formula is C30H35N5O4. The van der Waals surface area contributed by atoms with E-state index in [4.69, 9.17) is 9.47 Å². The standard InChI is InChI=1S/C30H35N5O4/c1-19-12-20(2)14-22(13-19)35(27(36)18-34-26-11-9-8-10-25(26)32-33-34)28(29(37)31-30(3,4)5)21-15-23(38-6)17-24(16-21)39-7/h8-17,28H,18H2,1-7H3,(H,31,37)/t28-/m1/s1. The quantitative estimate of drug-likeness (QED) is 0.354. The molecule has 2 amide bonds. The van der Waals surface area contributed by atoms with Gasteiger partial charge in [-0.2, -0.15) is 0 Å². The van der Waals surface area contributed by atoms with E-state index in [0.717, 1.165) is 16.6 Å². The molecule has 39 heavy (non-hydrogen) atoms. The van der Waals surface area contributed by atoms with Gasteiger partial charge in [0.2, 0.25) is 11.8 Å². The van der Waals surface area contributed by atoms with Gasteiger partial charge in [-0.3, -0.25) is 14.5 Å². The number of carbonyl (C=O) groups is 2. The second kappa shape index (κ2) is 11.1. The number of nitrogens with zero attached hydrogens (tertiary/aromatic N) is 4.